The van der Waals surface area contributed by atoms with Gasteiger partial charge in [-0.15, -0.1) is 0 Å². The van der Waals surface area contributed by atoms with E-state index >= 15 is 0 Å². The fraction of sp³-hybridized carbons (Fsp3) is 0.692. The number of quaternary nitrogens is 1. The van der Waals surface area contributed by atoms with Crippen molar-refractivity contribution in [2.45, 2.75) is 50.6 Å². The number of rotatable bonds is 0. The average molecular weight is 256 g/mol. The summed E-state index contributed by atoms with van der Waals surface area (Å²) in [6.07, 6.45) is 7.68. The summed E-state index contributed by atoms with van der Waals surface area (Å²) in [6, 6.07) is 0.772. The van der Waals surface area contributed by atoms with Crippen LogP contribution >= 0.6 is 0 Å². The minimum absolute atomic E-state index is 0. The van der Waals surface area contributed by atoms with E-state index in [4.69, 9.17) is 0 Å². The maximum absolute atomic E-state index is 11.8. The lowest BCUT2D eigenvalue weighted by atomic mass is 9.75. The molecule has 3 aliphatic rings. The molecule has 1 heterocycles. The first-order valence-electron chi connectivity index (χ1n) is 6.38. The summed E-state index contributed by atoms with van der Waals surface area (Å²) in [7, 11) is 0. The molecule has 4 heteroatoms. The normalized spacial score (nSPS) is 36.5. The van der Waals surface area contributed by atoms with Gasteiger partial charge in [-0.25, -0.2) is 0 Å². The number of hydrogen-bond acceptors (Lipinski definition) is 2. The van der Waals surface area contributed by atoms with E-state index in [1.165, 1.54) is 0 Å². The molecule has 0 spiro atoms. The van der Waals surface area contributed by atoms with Crippen molar-refractivity contribution in [3.8, 4) is 0 Å². The average Bonchev–Trinajstić information content (AvgIpc) is 2.28. The molecule has 94 valence electrons. The smallest absolute Gasteiger partial charge is 0.164 e. The molecule has 0 amide bonds. The molecular formula is C13H18ClNO2. The number of hydrogen-bond donors (Lipinski definition) is 1. The molecule has 1 aliphatic heterocycles. The zero-order chi connectivity index (χ0) is 11.1. The van der Waals surface area contributed by atoms with Gasteiger partial charge in [-0.2, -0.15) is 0 Å². The number of nitrogens with two attached hydrogens (primary N) is 1. The number of fused-ring (bicyclic) bond motifs is 2. The molecule has 2 saturated carbocycles. The van der Waals surface area contributed by atoms with Gasteiger partial charge in [0.2, 0.25) is 0 Å². The SMILES string of the molecule is O=C1CCCC2[NH2+]C3CCCC(=O)C3C=C12.[Cl-]. The van der Waals surface area contributed by atoms with Gasteiger partial charge in [-0.05, 0) is 12.8 Å². The Labute approximate surface area is 107 Å². The maximum Gasteiger partial charge on any atom is 0.164 e. The Hall–Kier alpha value is -0.670. The van der Waals surface area contributed by atoms with Gasteiger partial charge in [-0.1, -0.05) is 6.08 Å². The van der Waals surface area contributed by atoms with Gasteiger partial charge in [0.15, 0.2) is 5.78 Å². The van der Waals surface area contributed by atoms with E-state index in [9.17, 15) is 9.59 Å². The van der Waals surface area contributed by atoms with Crippen molar-refractivity contribution >= 4 is 11.6 Å². The van der Waals surface area contributed by atoms with Gasteiger partial charge in [-0.3, -0.25) is 9.59 Å². The third kappa shape index (κ3) is 2.18. The van der Waals surface area contributed by atoms with Crippen LogP contribution in [0.4, 0.5) is 0 Å². The van der Waals surface area contributed by atoms with E-state index in [1.54, 1.807) is 0 Å². The molecule has 3 unspecified atom stereocenters. The number of carbonyl (C=O) groups is 2. The Morgan fingerprint density at radius 1 is 1.12 bits per heavy atom. The molecule has 3 nitrogen and oxygen atoms in total. The monoisotopic (exact) mass is 255 g/mol. The summed E-state index contributed by atoms with van der Waals surface area (Å²) in [4.78, 5) is 23.6. The first-order chi connectivity index (χ1) is 7.75. The van der Waals surface area contributed by atoms with Crippen LogP contribution in [0.5, 0.6) is 0 Å². The minimum Gasteiger partial charge on any atom is -1.00 e. The predicted octanol–water partition coefficient (Wildman–Crippen LogP) is -2.65. The molecule has 0 aromatic carbocycles. The molecular weight excluding hydrogens is 238 g/mol. The van der Waals surface area contributed by atoms with Crippen LogP contribution in [0.3, 0.4) is 0 Å². The highest BCUT2D eigenvalue weighted by atomic mass is 35.5. The fourth-order valence-corrected chi connectivity index (χ4v) is 3.43. The zero-order valence-electron chi connectivity index (χ0n) is 9.82. The first-order valence-corrected chi connectivity index (χ1v) is 6.38. The summed E-state index contributed by atoms with van der Waals surface area (Å²) < 4.78 is 0. The van der Waals surface area contributed by atoms with Gasteiger partial charge in [0.25, 0.3) is 0 Å². The van der Waals surface area contributed by atoms with Crippen LogP contribution in [-0.2, 0) is 9.59 Å². The largest absolute Gasteiger partial charge is 1.00 e. The topological polar surface area (TPSA) is 50.8 Å². The van der Waals surface area contributed by atoms with Gasteiger partial charge >= 0.3 is 0 Å². The fourth-order valence-electron chi connectivity index (χ4n) is 3.43. The molecule has 0 aromatic heterocycles. The number of ketones is 2. The highest BCUT2D eigenvalue weighted by molar-refractivity contribution is 5.98. The Bertz CT molecular complexity index is 378. The van der Waals surface area contributed by atoms with E-state index in [0.717, 1.165) is 31.3 Å². The summed E-state index contributed by atoms with van der Waals surface area (Å²) in [5.74, 6) is 0.656. The van der Waals surface area contributed by atoms with Crippen molar-refractivity contribution in [2.24, 2.45) is 5.92 Å². The predicted molar refractivity (Wildman–Crippen MR) is 58.8 cm³/mol. The van der Waals surface area contributed by atoms with E-state index in [1.807, 2.05) is 6.08 Å². The van der Waals surface area contributed by atoms with Crippen molar-refractivity contribution in [3.63, 3.8) is 0 Å². The zero-order valence-corrected chi connectivity index (χ0v) is 10.6. The lowest BCUT2D eigenvalue weighted by Gasteiger charge is -2.36. The van der Waals surface area contributed by atoms with Crippen LogP contribution < -0.4 is 17.7 Å². The van der Waals surface area contributed by atoms with Crippen molar-refractivity contribution < 1.29 is 27.3 Å². The van der Waals surface area contributed by atoms with E-state index in [2.05, 4.69) is 5.32 Å². The Morgan fingerprint density at radius 3 is 2.71 bits per heavy atom. The molecule has 0 saturated heterocycles. The standard InChI is InChI=1S/C13H17NO2.ClH/c15-12-5-1-3-10-8(12)7-9-11(14-10)4-2-6-13(9)16;/h7-8,10-11,14H,1-6H2;1H. The quantitative estimate of drug-likeness (QED) is 0.514. The number of Topliss-reactive ketones (excluding diaryl/α,β-unsaturated/α-hetero) is 2. The van der Waals surface area contributed by atoms with Crippen molar-refractivity contribution in [3.05, 3.63) is 11.6 Å². The van der Waals surface area contributed by atoms with Crippen LogP contribution in [0.15, 0.2) is 11.6 Å². The third-order valence-electron chi connectivity index (χ3n) is 4.27. The van der Waals surface area contributed by atoms with Gasteiger partial charge in [0, 0.05) is 31.3 Å². The van der Waals surface area contributed by atoms with Crippen molar-refractivity contribution in [1.82, 2.24) is 0 Å². The molecule has 2 N–H and O–H groups in total. The van der Waals surface area contributed by atoms with Crippen LogP contribution in [0, 0.1) is 5.92 Å². The third-order valence-corrected chi connectivity index (χ3v) is 4.27. The maximum atomic E-state index is 11.8. The molecule has 0 bridgehead atoms. The summed E-state index contributed by atoms with van der Waals surface area (Å²) in [5, 5.41) is 2.30. The van der Waals surface area contributed by atoms with Gasteiger partial charge in [0.05, 0.1) is 12.0 Å². The minimum atomic E-state index is 0. The summed E-state index contributed by atoms with van der Waals surface area (Å²) >= 11 is 0. The van der Waals surface area contributed by atoms with Crippen molar-refractivity contribution in [1.29, 1.82) is 0 Å². The van der Waals surface area contributed by atoms with E-state index < -0.39 is 0 Å². The lowest BCUT2D eigenvalue weighted by molar-refractivity contribution is -0.721. The number of halogens is 1. The van der Waals surface area contributed by atoms with Crippen LogP contribution in [0.25, 0.3) is 0 Å². The Balaban J connectivity index is 0.00000108. The molecule has 17 heavy (non-hydrogen) atoms. The second-order valence-corrected chi connectivity index (χ2v) is 5.28. The molecule has 0 radical (unpaired) electrons. The van der Waals surface area contributed by atoms with E-state index in [-0.39, 0.29) is 24.1 Å². The number of carbonyl (C=O) groups excluding carboxylic acids is 2. The second-order valence-electron chi connectivity index (χ2n) is 5.28. The first kappa shape index (κ1) is 12.8. The van der Waals surface area contributed by atoms with Crippen LogP contribution in [-0.4, -0.2) is 23.7 Å². The van der Waals surface area contributed by atoms with Crippen LogP contribution in [0.1, 0.15) is 38.5 Å². The van der Waals surface area contributed by atoms with E-state index in [0.29, 0.717) is 30.7 Å². The van der Waals surface area contributed by atoms with Crippen molar-refractivity contribution in [2.75, 3.05) is 0 Å². The molecule has 3 rings (SSSR count). The van der Waals surface area contributed by atoms with Gasteiger partial charge < -0.3 is 17.7 Å². The lowest BCUT2D eigenvalue weighted by Crippen LogP contribution is -3.00. The highest BCUT2D eigenvalue weighted by Crippen LogP contribution is 2.29. The molecule has 2 aliphatic carbocycles. The Morgan fingerprint density at radius 2 is 1.88 bits per heavy atom. The summed E-state index contributed by atoms with van der Waals surface area (Å²) in [6.45, 7) is 0. The van der Waals surface area contributed by atoms with Gasteiger partial charge in [0.1, 0.15) is 11.8 Å². The molecule has 0 aromatic rings. The highest BCUT2D eigenvalue weighted by Gasteiger charge is 2.42. The van der Waals surface area contributed by atoms with Crippen LogP contribution in [0.2, 0.25) is 0 Å². The molecule has 2 fully saturated rings. The molecule has 3 atom stereocenters. The Kier molecular flexibility index (Phi) is 3.69. The summed E-state index contributed by atoms with van der Waals surface area (Å²) in [5.41, 5.74) is 0.947. The second kappa shape index (κ2) is 4.91.